The second-order valence-corrected chi connectivity index (χ2v) is 5.84. The number of halogens is 3. The highest BCUT2D eigenvalue weighted by Crippen LogP contribution is 2.37. The summed E-state index contributed by atoms with van der Waals surface area (Å²) < 4.78 is 13.2. The van der Waals surface area contributed by atoms with Crippen LogP contribution in [0.2, 0.25) is 0 Å². The number of hydrogen-bond donors (Lipinski definition) is 0. The molecule has 0 aliphatic carbocycles. The van der Waals surface area contributed by atoms with Crippen molar-refractivity contribution in [3.63, 3.8) is 0 Å². The van der Waals surface area contributed by atoms with Crippen molar-refractivity contribution in [1.29, 1.82) is 0 Å². The molecule has 0 aliphatic rings. The van der Waals surface area contributed by atoms with E-state index < -0.39 is 0 Å². The van der Waals surface area contributed by atoms with Gasteiger partial charge in [0.1, 0.15) is 16.1 Å². The largest absolute Gasteiger partial charge is 0.496 e. The van der Waals surface area contributed by atoms with Crippen LogP contribution in [0.5, 0.6) is 17.4 Å². The molecule has 0 unspecified atom stereocenters. The first-order chi connectivity index (χ1) is 8.60. The standard InChI is InChI=1S/C12H8Br3NO2/c1-17-9-5-8(14)10(6-7(9)13)18-12-4-2-3-11(15)16-12/h2-6H,1H3. The second kappa shape index (κ2) is 6.04. The van der Waals surface area contributed by atoms with Gasteiger partial charge < -0.3 is 9.47 Å². The quantitative estimate of drug-likeness (QED) is 0.621. The first kappa shape index (κ1) is 13.8. The SMILES string of the molecule is COc1cc(Br)c(Oc2cccc(Br)n2)cc1Br. The average molecular weight is 438 g/mol. The summed E-state index contributed by atoms with van der Waals surface area (Å²) in [5.74, 6) is 1.91. The number of nitrogens with zero attached hydrogens (tertiary/aromatic N) is 1. The smallest absolute Gasteiger partial charge is 0.220 e. The third-order valence-electron chi connectivity index (χ3n) is 2.11. The Balaban J connectivity index is 2.32. The Morgan fingerprint density at radius 2 is 1.67 bits per heavy atom. The fourth-order valence-corrected chi connectivity index (χ4v) is 2.52. The molecule has 0 N–H and O–H groups in total. The Bertz CT molecular complexity index is 575. The van der Waals surface area contributed by atoms with Crippen molar-refractivity contribution in [2.75, 3.05) is 7.11 Å². The molecule has 1 aromatic carbocycles. The molecule has 3 nitrogen and oxygen atoms in total. The maximum atomic E-state index is 5.70. The molecule has 6 heteroatoms. The van der Waals surface area contributed by atoms with Crippen LogP contribution < -0.4 is 9.47 Å². The second-order valence-electron chi connectivity index (χ2n) is 3.32. The van der Waals surface area contributed by atoms with E-state index in [1.165, 1.54) is 0 Å². The molecular weight excluding hydrogens is 430 g/mol. The lowest BCUT2D eigenvalue weighted by Crippen LogP contribution is -1.91. The van der Waals surface area contributed by atoms with Crippen molar-refractivity contribution >= 4 is 47.8 Å². The minimum absolute atomic E-state index is 0.516. The highest BCUT2D eigenvalue weighted by atomic mass is 79.9. The van der Waals surface area contributed by atoms with Crippen molar-refractivity contribution in [3.05, 3.63) is 43.9 Å². The zero-order valence-electron chi connectivity index (χ0n) is 9.28. The number of rotatable bonds is 3. The van der Waals surface area contributed by atoms with Crippen molar-refractivity contribution in [2.45, 2.75) is 0 Å². The monoisotopic (exact) mass is 435 g/mol. The van der Waals surface area contributed by atoms with Gasteiger partial charge in [-0.05, 0) is 66.0 Å². The van der Waals surface area contributed by atoms with Gasteiger partial charge in [0.2, 0.25) is 5.88 Å². The Hall–Kier alpha value is -0.590. The summed E-state index contributed by atoms with van der Waals surface area (Å²) in [6.07, 6.45) is 0. The molecule has 0 atom stereocenters. The zero-order chi connectivity index (χ0) is 13.1. The van der Waals surface area contributed by atoms with Crippen molar-refractivity contribution in [1.82, 2.24) is 4.98 Å². The Morgan fingerprint density at radius 3 is 2.33 bits per heavy atom. The topological polar surface area (TPSA) is 31.4 Å². The Labute approximate surface area is 130 Å². The molecule has 0 amide bonds. The number of aromatic nitrogens is 1. The van der Waals surface area contributed by atoms with Gasteiger partial charge in [0, 0.05) is 6.07 Å². The lowest BCUT2D eigenvalue weighted by atomic mass is 10.3. The van der Waals surface area contributed by atoms with E-state index in [1.807, 2.05) is 24.3 Å². The number of methoxy groups -OCH3 is 1. The van der Waals surface area contributed by atoms with Crippen LogP contribution in [0, 0.1) is 0 Å². The van der Waals surface area contributed by atoms with Crippen LogP contribution in [0.4, 0.5) is 0 Å². The third kappa shape index (κ3) is 3.24. The molecule has 2 aromatic rings. The number of hydrogen-bond acceptors (Lipinski definition) is 3. The molecule has 18 heavy (non-hydrogen) atoms. The van der Waals surface area contributed by atoms with E-state index in [4.69, 9.17) is 9.47 Å². The van der Waals surface area contributed by atoms with Crippen LogP contribution in [0.1, 0.15) is 0 Å². The highest BCUT2D eigenvalue weighted by Gasteiger charge is 2.09. The maximum Gasteiger partial charge on any atom is 0.220 e. The van der Waals surface area contributed by atoms with E-state index in [0.717, 1.165) is 19.3 Å². The van der Waals surface area contributed by atoms with E-state index in [9.17, 15) is 0 Å². The fraction of sp³-hybridized carbons (Fsp3) is 0.0833. The van der Waals surface area contributed by atoms with Crippen LogP contribution in [-0.4, -0.2) is 12.1 Å². The van der Waals surface area contributed by atoms with E-state index in [-0.39, 0.29) is 0 Å². The molecular formula is C12H8Br3NO2. The predicted octanol–water partition coefficient (Wildman–Crippen LogP) is 5.17. The van der Waals surface area contributed by atoms with Gasteiger partial charge in [0.05, 0.1) is 16.1 Å². The minimum Gasteiger partial charge on any atom is -0.496 e. The van der Waals surface area contributed by atoms with Crippen LogP contribution >= 0.6 is 47.8 Å². The van der Waals surface area contributed by atoms with Crippen molar-refractivity contribution in [3.8, 4) is 17.4 Å². The maximum absolute atomic E-state index is 5.70. The van der Waals surface area contributed by atoms with Gasteiger partial charge in [0.25, 0.3) is 0 Å². The first-order valence-electron chi connectivity index (χ1n) is 4.93. The molecule has 0 aliphatic heterocycles. The summed E-state index contributed by atoms with van der Waals surface area (Å²) in [7, 11) is 1.61. The number of benzene rings is 1. The van der Waals surface area contributed by atoms with Crippen molar-refractivity contribution in [2.24, 2.45) is 0 Å². The summed E-state index contributed by atoms with van der Waals surface area (Å²) in [5.41, 5.74) is 0. The molecule has 0 saturated carbocycles. The first-order valence-corrected chi connectivity index (χ1v) is 7.31. The zero-order valence-corrected chi connectivity index (χ0v) is 14.0. The van der Waals surface area contributed by atoms with E-state index in [2.05, 4.69) is 52.8 Å². The lowest BCUT2D eigenvalue weighted by Gasteiger charge is -2.10. The van der Waals surface area contributed by atoms with Crippen LogP contribution in [0.3, 0.4) is 0 Å². The van der Waals surface area contributed by atoms with Crippen molar-refractivity contribution < 1.29 is 9.47 Å². The number of pyridine rings is 1. The minimum atomic E-state index is 0.516. The molecule has 0 bridgehead atoms. The molecule has 2 rings (SSSR count). The number of ether oxygens (including phenoxy) is 2. The molecule has 0 saturated heterocycles. The molecule has 94 valence electrons. The summed E-state index contributed by atoms with van der Waals surface area (Å²) >= 11 is 10.1. The summed E-state index contributed by atoms with van der Waals surface area (Å²) in [4.78, 5) is 4.21. The predicted molar refractivity (Wildman–Crippen MR) is 80.4 cm³/mol. The van der Waals surface area contributed by atoms with Gasteiger partial charge in [0.15, 0.2) is 0 Å². The van der Waals surface area contributed by atoms with Gasteiger partial charge in [-0.15, -0.1) is 0 Å². The van der Waals surface area contributed by atoms with Crippen LogP contribution in [0.25, 0.3) is 0 Å². The highest BCUT2D eigenvalue weighted by molar-refractivity contribution is 9.11. The fourth-order valence-electron chi connectivity index (χ4n) is 1.30. The van der Waals surface area contributed by atoms with Gasteiger partial charge in [-0.2, -0.15) is 0 Å². The van der Waals surface area contributed by atoms with E-state index in [1.54, 1.807) is 13.2 Å². The van der Waals surface area contributed by atoms with Crippen LogP contribution in [-0.2, 0) is 0 Å². The van der Waals surface area contributed by atoms with Gasteiger partial charge in [-0.3, -0.25) is 0 Å². The summed E-state index contributed by atoms with van der Waals surface area (Å²) in [6, 6.07) is 9.14. The normalized spacial score (nSPS) is 10.2. The summed E-state index contributed by atoms with van der Waals surface area (Å²) in [5, 5.41) is 0. The molecule has 0 radical (unpaired) electrons. The van der Waals surface area contributed by atoms with Gasteiger partial charge >= 0.3 is 0 Å². The Morgan fingerprint density at radius 1 is 1.00 bits per heavy atom. The van der Waals surface area contributed by atoms with E-state index >= 15 is 0 Å². The third-order valence-corrected chi connectivity index (χ3v) is 3.79. The molecule has 0 spiro atoms. The lowest BCUT2D eigenvalue weighted by molar-refractivity contribution is 0.408. The van der Waals surface area contributed by atoms with E-state index in [0.29, 0.717) is 11.6 Å². The average Bonchev–Trinajstić information content (AvgIpc) is 2.33. The molecule has 1 heterocycles. The molecule has 0 fully saturated rings. The Kier molecular flexibility index (Phi) is 4.64. The van der Waals surface area contributed by atoms with Gasteiger partial charge in [-0.25, -0.2) is 4.98 Å². The molecule has 1 aromatic heterocycles. The van der Waals surface area contributed by atoms with Gasteiger partial charge in [-0.1, -0.05) is 6.07 Å². The summed E-state index contributed by atoms with van der Waals surface area (Å²) in [6.45, 7) is 0. The van der Waals surface area contributed by atoms with Crippen LogP contribution in [0.15, 0.2) is 43.9 Å².